The molecule has 3 aromatic rings. The molecule has 0 aliphatic carbocycles. The van der Waals surface area contributed by atoms with E-state index in [-0.39, 0.29) is 5.91 Å². The number of hydrazine groups is 1. The van der Waals surface area contributed by atoms with E-state index in [1.165, 1.54) is 6.33 Å². The summed E-state index contributed by atoms with van der Waals surface area (Å²) in [7, 11) is 1.57. The molecule has 0 saturated heterocycles. The Bertz CT molecular complexity index is 896. The Balaban J connectivity index is 1.52. The highest BCUT2D eigenvalue weighted by Gasteiger charge is 2.10. The van der Waals surface area contributed by atoms with Crippen molar-refractivity contribution in [2.75, 3.05) is 30.1 Å². The van der Waals surface area contributed by atoms with Gasteiger partial charge in [0.05, 0.1) is 13.4 Å². The third-order valence-electron chi connectivity index (χ3n) is 3.98. The molecular weight excluding hydrogens is 360 g/mol. The SMILES string of the molecule is COc1ccc(C(=O)NNc2ncnc(NCCCn3ccnc3)c2N)cc1. The quantitative estimate of drug-likeness (QED) is 0.323. The molecule has 0 aliphatic rings. The van der Waals surface area contributed by atoms with Crippen molar-refractivity contribution >= 4 is 23.2 Å². The lowest BCUT2D eigenvalue weighted by molar-refractivity contribution is 0.0962. The molecule has 0 radical (unpaired) electrons. The van der Waals surface area contributed by atoms with Gasteiger partial charge in [-0.3, -0.25) is 15.6 Å². The largest absolute Gasteiger partial charge is 0.497 e. The van der Waals surface area contributed by atoms with Crippen molar-refractivity contribution in [3.05, 3.63) is 54.9 Å². The van der Waals surface area contributed by atoms with Crippen LogP contribution in [0.3, 0.4) is 0 Å². The van der Waals surface area contributed by atoms with Crippen molar-refractivity contribution in [1.82, 2.24) is 24.9 Å². The molecule has 0 fully saturated rings. The first kappa shape index (κ1) is 19.0. The second-order valence-corrected chi connectivity index (χ2v) is 5.87. The van der Waals surface area contributed by atoms with Crippen molar-refractivity contribution < 1.29 is 9.53 Å². The molecule has 2 heterocycles. The molecule has 0 aliphatic heterocycles. The summed E-state index contributed by atoms with van der Waals surface area (Å²) in [6.07, 6.45) is 7.67. The molecule has 0 atom stereocenters. The van der Waals surface area contributed by atoms with Crippen LogP contribution < -0.4 is 26.6 Å². The minimum absolute atomic E-state index is 0.314. The molecule has 2 aromatic heterocycles. The van der Waals surface area contributed by atoms with Crippen molar-refractivity contribution in [1.29, 1.82) is 0 Å². The number of nitrogens with zero attached hydrogens (tertiary/aromatic N) is 4. The first-order chi connectivity index (χ1) is 13.7. The highest BCUT2D eigenvalue weighted by atomic mass is 16.5. The van der Waals surface area contributed by atoms with Crippen LogP contribution in [0.2, 0.25) is 0 Å². The van der Waals surface area contributed by atoms with Gasteiger partial charge in [0.15, 0.2) is 11.6 Å². The lowest BCUT2D eigenvalue weighted by Gasteiger charge is -2.13. The van der Waals surface area contributed by atoms with Gasteiger partial charge in [-0.2, -0.15) is 0 Å². The van der Waals surface area contributed by atoms with Crippen molar-refractivity contribution in [3.8, 4) is 5.75 Å². The van der Waals surface area contributed by atoms with Gasteiger partial charge in [0, 0.05) is 31.0 Å². The molecule has 28 heavy (non-hydrogen) atoms. The molecule has 1 amide bonds. The average molecular weight is 382 g/mol. The average Bonchev–Trinajstić information content (AvgIpc) is 3.24. The van der Waals surface area contributed by atoms with E-state index in [1.807, 2.05) is 10.8 Å². The Kier molecular flexibility index (Phi) is 6.24. The van der Waals surface area contributed by atoms with Crippen LogP contribution in [-0.2, 0) is 6.54 Å². The number of nitrogens with one attached hydrogen (secondary N) is 3. The molecular formula is C18H22N8O2. The molecule has 10 nitrogen and oxygen atoms in total. The summed E-state index contributed by atoms with van der Waals surface area (Å²) in [6, 6.07) is 6.73. The molecule has 0 saturated carbocycles. The number of aromatic nitrogens is 4. The summed E-state index contributed by atoms with van der Waals surface area (Å²) in [6.45, 7) is 1.51. The lowest BCUT2D eigenvalue weighted by atomic mass is 10.2. The Morgan fingerprint density at radius 3 is 2.71 bits per heavy atom. The maximum atomic E-state index is 12.2. The summed E-state index contributed by atoms with van der Waals surface area (Å²) in [4.78, 5) is 24.4. The van der Waals surface area contributed by atoms with Crippen LogP contribution in [0.1, 0.15) is 16.8 Å². The number of aryl methyl sites for hydroxylation is 1. The first-order valence-corrected chi connectivity index (χ1v) is 8.68. The minimum atomic E-state index is -0.324. The van der Waals surface area contributed by atoms with E-state index in [0.717, 1.165) is 13.0 Å². The smallest absolute Gasteiger partial charge is 0.269 e. The number of hydrogen-bond acceptors (Lipinski definition) is 8. The summed E-state index contributed by atoms with van der Waals surface area (Å²) >= 11 is 0. The van der Waals surface area contributed by atoms with Gasteiger partial charge in [-0.1, -0.05) is 0 Å². The Morgan fingerprint density at radius 2 is 2.00 bits per heavy atom. The highest BCUT2D eigenvalue weighted by molar-refractivity contribution is 5.95. The van der Waals surface area contributed by atoms with Gasteiger partial charge >= 0.3 is 0 Å². The van der Waals surface area contributed by atoms with Gasteiger partial charge in [-0.15, -0.1) is 0 Å². The van der Waals surface area contributed by atoms with Crippen LogP contribution >= 0.6 is 0 Å². The fraction of sp³-hybridized carbons (Fsp3) is 0.222. The summed E-state index contributed by atoms with van der Waals surface area (Å²) in [5.41, 5.74) is 12.2. The fourth-order valence-electron chi connectivity index (χ4n) is 2.45. The number of hydrogen-bond donors (Lipinski definition) is 4. The number of amides is 1. The van der Waals surface area contributed by atoms with Gasteiger partial charge in [0.25, 0.3) is 5.91 Å². The Morgan fingerprint density at radius 1 is 1.21 bits per heavy atom. The second kappa shape index (κ2) is 9.21. The van der Waals surface area contributed by atoms with E-state index in [1.54, 1.807) is 43.9 Å². The van der Waals surface area contributed by atoms with Gasteiger partial charge in [0.1, 0.15) is 17.8 Å². The summed E-state index contributed by atoms with van der Waals surface area (Å²) < 4.78 is 7.07. The molecule has 0 spiro atoms. The van der Waals surface area contributed by atoms with E-state index < -0.39 is 0 Å². The summed E-state index contributed by atoms with van der Waals surface area (Å²) in [5, 5.41) is 3.17. The van der Waals surface area contributed by atoms with Gasteiger partial charge in [-0.05, 0) is 30.7 Å². The van der Waals surface area contributed by atoms with E-state index in [9.17, 15) is 4.79 Å². The molecule has 1 aromatic carbocycles. The fourth-order valence-corrected chi connectivity index (χ4v) is 2.45. The third kappa shape index (κ3) is 4.87. The van der Waals surface area contributed by atoms with E-state index in [2.05, 4.69) is 31.1 Å². The minimum Gasteiger partial charge on any atom is -0.497 e. The molecule has 146 valence electrons. The van der Waals surface area contributed by atoms with Gasteiger partial charge in [-0.25, -0.2) is 15.0 Å². The van der Waals surface area contributed by atoms with Crippen LogP contribution in [-0.4, -0.2) is 39.1 Å². The van der Waals surface area contributed by atoms with E-state index in [0.29, 0.717) is 35.2 Å². The molecule has 0 bridgehead atoms. The predicted octanol–water partition coefficient (Wildman–Crippen LogP) is 1.52. The standard InChI is InChI=1S/C18H22N8O2/c1-28-14-5-3-13(4-6-14)18(27)25-24-17-15(19)16(22-11-23-17)21-7-2-9-26-10-8-20-12-26/h3-6,8,10-12H,2,7,9,19H2,1H3,(H,25,27)(H2,21,22,23,24). The van der Waals surface area contributed by atoms with E-state index >= 15 is 0 Å². The van der Waals surface area contributed by atoms with Gasteiger partial charge < -0.3 is 20.4 Å². The number of nitrogen functional groups attached to an aromatic ring is 1. The predicted molar refractivity (Wildman–Crippen MR) is 106 cm³/mol. The van der Waals surface area contributed by atoms with Crippen LogP contribution in [0.15, 0.2) is 49.3 Å². The summed E-state index contributed by atoms with van der Waals surface area (Å²) in [5.74, 6) is 1.17. The van der Waals surface area contributed by atoms with Crippen molar-refractivity contribution in [2.24, 2.45) is 0 Å². The maximum absolute atomic E-state index is 12.2. The lowest BCUT2D eigenvalue weighted by Crippen LogP contribution is -2.30. The molecule has 10 heteroatoms. The van der Waals surface area contributed by atoms with Crippen molar-refractivity contribution in [3.63, 3.8) is 0 Å². The zero-order chi connectivity index (χ0) is 19.8. The van der Waals surface area contributed by atoms with Crippen LogP contribution in [0, 0.1) is 0 Å². The number of carbonyl (C=O) groups excluding carboxylic acids is 1. The van der Waals surface area contributed by atoms with Crippen LogP contribution in [0.25, 0.3) is 0 Å². The monoisotopic (exact) mass is 382 g/mol. The second-order valence-electron chi connectivity index (χ2n) is 5.87. The molecule has 5 N–H and O–H groups in total. The number of ether oxygens (including phenoxy) is 1. The van der Waals surface area contributed by atoms with Gasteiger partial charge in [0.2, 0.25) is 0 Å². The number of methoxy groups -OCH3 is 1. The molecule has 3 rings (SSSR count). The number of rotatable bonds is 9. The first-order valence-electron chi connectivity index (χ1n) is 8.68. The topological polar surface area (TPSA) is 132 Å². The van der Waals surface area contributed by atoms with E-state index in [4.69, 9.17) is 10.5 Å². The Hall–Kier alpha value is -3.82. The number of imidazole rings is 1. The zero-order valence-corrected chi connectivity index (χ0v) is 15.4. The maximum Gasteiger partial charge on any atom is 0.269 e. The Labute approximate surface area is 162 Å². The normalized spacial score (nSPS) is 10.3. The number of benzene rings is 1. The molecule has 0 unspecified atom stereocenters. The number of nitrogens with two attached hydrogens (primary N) is 1. The van der Waals surface area contributed by atoms with Crippen molar-refractivity contribution in [2.45, 2.75) is 13.0 Å². The number of anilines is 3. The van der Waals surface area contributed by atoms with Crippen LogP contribution in [0.4, 0.5) is 17.3 Å². The zero-order valence-electron chi connectivity index (χ0n) is 15.4. The van der Waals surface area contributed by atoms with Crippen LogP contribution in [0.5, 0.6) is 5.75 Å². The number of carbonyl (C=O) groups is 1. The highest BCUT2D eigenvalue weighted by Crippen LogP contribution is 2.21. The third-order valence-corrected chi connectivity index (χ3v) is 3.98.